The van der Waals surface area contributed by atoms with Crippen molar-refractivity contribution < 1.29 is 42.4 Å². The topological polar surface area (TPSA) is 123 Å². The molecular formula is C34H48FN2O8P. The maximum atomic E-state index is 14.3. The third-order valence-corrected chi connectivity index (χ3v) is 10.9. The summed E-state index contributed by atoms with van der Waals surface area (Å²) in [6, 6.07) is 13.9. The van der Waals surface area contributed by atoms with E-state index < -0.39 is 41.9 Å². The molecule has 10 nitrogen and oxygen atoms in total. The highest BCUT2D eigenvalue weighted by molar-refractivity contribution is 7.62. The summed E-state index contributed by atoms with van der Waals surface area (Å²) in [5.74, 6) is -1.55. The molecule has 254 valence electrons. The van der Waals surface area contributed by atoms with Crippen molar-refractivity contribution in [2.75, 3.05) is 32.4 Å². The Labute approximate surface area is 271 Å². The number of rotatable bonds is 11. The molecule has 1 fully saturated rings. The quantitative estimate of drug-likeness (QED) is 0.190. The maximum absolute atomic E-state index is 14.3. The average molecular weight is 663 g/mol. The molecule has 2 atom stereocenters. The highest BCUT2D eigenvalue weighted by Crippen LogP contribution is 2.63. The molecule has 1 N–H and O–H groups in total. The van der Waals surface area contributed by atoms with Gasteiger partial charge in [0.2, 0.25) is 7.37 Å². The molecular weight excluding hydrogens is 614 g/mol. The first-order chi connectivity index (χ1) is 21.4. The third-order valence-electron chi connectivity index (χ3n) is 7.60. The molecule has 1 saturated heterocycles. The first-order valence-electron chi connectivity index (χ1n) is 15.7. The molecule has 0 aromatic heterocycles. The van der Waals surface area contributed by atoms with Crippen LogP contribution in [-0.4, -0.2) is 81.8 Å². The number of hydrogen-bond donors (Lipinski definition) is 1. The van der Waals surface area contributed by atoms with Gasteiger partial charge in [-0.25, -0.2) is 18.9 Å². The third kappa shape index (κ3) is 9.62. The minimum Gasteiger partial charge on any atom is -0.480 e. The van der Waals surface area contributed by atoms with Crippen LogP contribution in [0.3, 0.4) is 0 Å². The number of carboxylic acid groups (broad SMARTS) is 1. The average Bonchev–Trinajstić information content (AvgIpc) is 2.93. The van der Waals surface area contributed by atoms with Crippen LogP contribution >= 0.6 is 7.37 Å². The number of aliphatic carboxylic acids is 1. The number of carbonyl (C=O) groups is 3. The van der Waals surface area contributed by atoms with Crippen LogP contribution in [0.15, 0.2) is 48.5 Å². The van der Waals surface area contributed by atoms with Gasteiger partial charge in [0, 0.05) is 32.3 Å². The Morgan fingerprint density at radius 1 is 0.957 bits per heavy atom. The van der Waals surface area contributed by atoms with E-state index in [0.717, 1.165) is 21.6 Å². The molecule has 0 aliphatic carbocycles. The van der Waals surface area contributed by atoms with Crippen molar-refractivity contribution in [1.29, 1.82) is 0 Å². The Kier molecular flexibility index (Phi) is 12.2. The number of amides is 2. The number of imide groups is 1. The zero-order valence-corrected chi connectivity index (χ0v) is 28.9. The molecule has 2 amide bonds. The van der Waals surface area contributed by atoms with E-state index in [9.17, 15) is 28.4 Å². The van der Waals surface area contributed by atoms with Crippen LogP contribution in [-0.2, 0) is 29.9 Å². The number of hydrogen-bond acceptors (Lipinski definition) is 8. The van der Waals surface area contributed by atoms with Crippen molar-refractivity contribution in [2.24, 2.45) is 0 Å². The lowest BCUT2D eigenvalue weighted by molar-refractivity contribution is -0.141. The van der Waals surface area contributed by atoms with Crippen molar-refractivity contribution in [3.05, 3.63) is 59.9 Å². The summed E-state index contributed by atoms with van der Waals surface area (Å²) in [6.45, 7) is 12.6. The monoisotopic (exact) mass is 662 g/mol. The zero-order valence-electron chi connectivity index (χ0n) is 28.0. The molecule has 1 aliphatic heterocycles. The van der Waals surface area contributed by atoms with Crippen LogP contribution in [0.4, 0.5) is 14.0 Å². The number of unbranched alkanes of at least 4 members (excludes halogenated alkanes) is 1. The Morgan fingerprint density at radius 2 is 1.54 bits per heavy atom. The van der Waals surface area contributed by atoms with Gasteiger partial charge in [0.05, 0.1) is 6.61 Å². The molecule has 0 bridgehead atoms. The van der Waals surface area contributed by atoms with E-state index in [1.165, 1.54) is 12.1 Å². The fourth-order valence-electron chi connectivity index (χ4n) is 5.53. The van der Waals surface area contributed by atoms with E-state index in [4.69, 9.17) is 14.0 Å². The molecule has 1 heterocycles. The van der Waals surface area contributed by atoms with E-state index >= 15 is 0 Å². The summed E-state index contributed by atoms with van der Waals surface area (Å²) in [5, 5.41) is 8.96. The molecule has 2 aromatic rings. The van der Waals surface area contributed by atoms with Gasteiger partial charge in [0.25, 0.3) is 0 Å². The van der Waals surface area contributed by atoms with E-state index in [-0.39, 0.29) is 50.9 Å². The molecule has 0 radical (unpaired) electrons. The predicted octanol–water partition coefficient (Wildman–Crippen LogP) is 7.79. The van der Waals surface area contributed by atoms with E-state index in [2.05, 4.69) is 0 Å². The van der Waals surface area contributed by atoms with Crippen LogP contribution in [0.1, 0.15) is 73.3 Å². The normalized spacial score (nSPS) is 20.6. The second-order valence-corrected chi connectivity index (χ2v) is 16.5. The van der Waals surface area contributed by atoms with Gasteiger partial charge in [0.1, 0.15) is 17.0 Å². The van der Waals surface area contributed by atoms with Crippen LogP contribution < -0.4 is 0 Å². The first kappa shape index (κ1) is 37.2. The van der Waals surface area contributed by atoms with Crippen LogP contribution in [0.25, 0.3) is 11.1 Å². The van der Waals surface area contributed by atoms with Crippen molar-refractivity contribution in [3.63, 3.8) is 0 Å². The van der Waals surface area contributed by atoms with Gasteiger partial charge in [-0.3, -0.25) is 14.3 Å². The minimum absolute atomic E-state index is 0.00615. The number of nitrogens with zero attached hydrogens (tertiary/aromatic N) is 2. The number of carboxylic acids is 1. The van der Waals surface area contributed by atoms with Crippen molar-refractivity contribution in [3.8, 4) is 11.1 Å². The molecule has 1 aliphatic rings. The summed E-state index contributed by atoms with van der Waals surface area (Å²) in [6.07, 6.45) is -1.19. The Hall–Kier alpha value is -3.27. The summed E-state index contributed by atoms with van der Waals surface area (Å²) in [5.41, 5.74) is 0.946. The SMILES string of the molecule is CCOP1(=O)CCN(Cc2ccccc2-c2ccc(F)cc2)C[C@@]1(CCCCN(C(=O)OC(C)(C)C)C(=O)OC(C)(C)C)C(=O)O. The lowest BCUT2D eigenvalue weighted by Gasteiger charge is -2.45. The Bertz CT molecular complexity index is 1390. The van der Waals surface area contributed by atoms with Crippen LogP contribution in [0.5, 0.6) is 0 Å². The smallest absolute Gasteiger partial charge is 0.419 e. The number of ether oxygens (including phenoxy) is 2. The molecule has 2 aromatic carbocycles. The fourth-order valence-corrected chi connectivity index (χ4v) is 8.51. The zero-order chi connectivity index (χ0) is 34.3. The van der Waals surface area contributed by atoms with Gasteiger partial charge >= 0.3 is 18.2 Å². The highest BCUT2D eigenvalue weighted by atomic mass is 31.2. The Balaban J connectivity index is 1.83. The molecule has 0 spiro atoms. The second-order valence-electron chi connectivity index (χ2n) is 13.6. The standard InChI is InChI=1S/C34H48FN2O8P/c1-8-43-46(42)22-21-36(23-26-13-9-10-14-28(26)25-15-17-27(35)18-16-25)24-34(46,29(38)39)19-11-12-20-37(30(40)44-32(2,3)4)31(41)45-33(5,6)7/h9-10,13-18H,8,11-12,19-24H2,1-7H3,(H,38,39)/t34-,46?/m0/s1. The molecule has 46 heavy (non-hydrogen) atoms. The van der Waals surface area contributed by atoms with Gasteiger partial charge < -0.3 is 19.1 Å². The Morgan fingerprint density at radius 3 is 2.09 bits per heavy atom. The van der Waals surface area contributed by atoms with Crippen molar-refractivity contribution >= 4 is 25.5 Å². The van der Waals surface area contributed by atoms with E-state index in [1.807, 2.05) is 29.2 Å². The minimum atomic E-state index is -3.67. The van der Waals surface area contributed by atoms with Crippen LogP contribution in [0, 0.1) is 5.82 Å². The first-order valence-corrected chi connectivity index (χ1v) is 17.5. The lowest BCUT2D eigenvalue weighted by atomic mass is 9.97. The predicted molar refractivity (Wildman–Crippen MR) is 175 cm³/mol. The van der Waals surface area contributed by atoms with Crippen molar-refractivity contribution in [1.82, 2.24) is 9.80 Å². The van der Waals surface area contributed by atoms with Crippen LogP contribution in [0.2, 0.25) is 0 Å². The van der Waals surface area contributed by atoms with Gasteiger partial charge in [0.15, 0.2) is 5.16 Å². The van der Waals surface area contributed by atoms with E-state index in [1.54, 1.807) is 60.6 Å². The summed E-state index contributed by atoms with van der Waals surface area (Å²) >= 11 is 0. The highest BCUT2D eigenvalue weighted by Gasteiger charge is 2.58. The second kappa shape index (κ2) is 15.1. The number of benzene rings is 2. The molecule has 1 unspecified atom stereocenters. The van der Waals surface area contributed by atoms with Crippen molar-refractivity contribution in [2.45, 2.75) is 90.6 Å². The molecule has 12 heteroatoms. The fraction of sp³-hybridized carbons (Fsp3) is 0.559. The van der Waals surface area contributed by atoms with Gasteiger partial charge in [-0.15, -0.1) is 0 Å². The van der Waals surface area contributed by atoms with E-state index in [0.29, 0.717) is 13.1 Å². The largest absolute Gasteiger partial charge is 0.480 e. The lowest BCUT2D eigenvalue weighted by Crippen LogP contribution is -2.54. The van der Waals surface area contributed by atoms with Gasteiger partial charge in [-0.1, -0.05) is 36.4 Å². The molecule has 3 rings (SSSR count). The summed E-state index contributed by atoms with van der Waals surface area (Å²) < 4.78 is 44.5. The van der Waals surface area contributed by atoms with Gasteiger partial charge in [-0.05, 0) is 96.6 Å². The summed E-state index contributed by atoms with van der Waals surface area (Å²) in [7, 11) is -3.67. The number of halogens is 1. The summed E-state index contributed by atoms with van der Waals surface area (Å²) in [4.78, 5) is 41.8. The number of carbonyl (C=O) groups excluding carboxylic acids is 2. The maximum Gasteiger partial charge on any atom is 0.419 e. The molecule has 0 saturated carbocycles. The van der Waals surface area contributed by atoms with Gasteiger partial charge in [-0.2, -0.15) is 0 Å².